The minimum atomic E-state index is -4.50. The van der Waals surface area contributed by atoms with Gasteiger partial charge in [-0.15, -0.1) is 0 Å². The summed E-state index contributed by atoms with van der Waals surface area (Å²) in [5.41, 5.74) is -0.331. The van der Waals surface area contributed by atoms with Gasteiger partial charge in [-0.3, -0.25) is 4.98 Å². The maximum Gasteiger partial charge on any atom is 0.433 e. The van der Waals surface area contributed by atoms with Gasteiger partial charge in [-0.25, -0.2) is 4.98 Å². The molecule has 0 radical (unpaired) electrons. The minimum Gasteiger partial charge on any atom is -0.365 e. The Morgan fingerprint density at radius 1 is 1.04 bits per heavy atom. The van der Waals surface area contributed by atoms with Crippen LogP contribution in [0.3, 0.4) is 0 Å². The molecule has 1 N–H and O–H groups in total. The molecule has 0 saturated carbocycles. The number of rotatable bonds is 4. The van der Waals surface area contributed by atoms with Crippen LogP contribution < -0.4 is 10.2 Å². The molecule has 9 heteroatoms. The second-order valence-electron chi connectivity index (χ2n) is 5.95. The van der Waals surface area contributed by atoms with E-state index in [0.29, 0.717) is 22.8 Å². The van der Waals surface area contributed by atoms with Crippen molar-refractivity contribution >= 4 is 22.8 Å². The van der Waals surface area contributed by atoms with E-state index < -0.39 is 11.9 Å². The van der Waals surface area contributed by atoms with Crippen LogP contribution in [0.2, 0.25) is 0 Å². The van der Waals surface area contributed by atoms with Crippen molar-refractivity contribution in [3.63, 3.8) is 0 Å². The zero-order valence-electron chi connectivity index (χ0n) is 13.7. The normalized spacial score (nSPS) is 14.3. The maximum atomic E-state index is 13.1. The van der Waals surface area contributed by atoms with Crippen LogP contribution in [0.25, 0.3) is 11.0 Å². The summed E-state index contributed by atoms with van der Waals surface area (Å²) >= 11 is 0. The number of aromatic nitrogens is 4. The van der Waals surface area contributed by atoms with Crippen LogP contribution >= 0.6 is 0 Å². The van der Waals surface area contributed by atoms with Crippen molar-refractivity contribution < 1.29 is 13.2 Å². The van der Waals surface area contributed by atoms with Gasteiger partial charge in [-0.05, 0) is 24.6 Å². The standard InChI is InChI=1S/C17H15F3N6/c18-17(19,20)13-11(4-1-6-21-13)10-23-15-12-5-2-7-22-14(12)24-16(25-15)26-8-3-9-26/h1-2,4-7H,3,8-10H2,(H,22,23,24,25). The van der Waals surface area contributed by atoms with Gasteiger partial charge in [0, 0.05) is 37.6 Å². The Labute approximate surface area is 147 Å². The van der Waals surface area contributed by atoms with Crippen molar-refractivity contribution in [1.82, 2.24) is 19.9 Å². The molecule has 0 bridgehead atoms. The number of fused-ring (bicyclic) bond motifs is 1. The first kappa shape index (κ1) is 16.5. The van der Waals surface area contributed by atoms with Crippen LogP contribution in [-0.4, -0.2) is 33.0 Å². The summed E-state index contributed by atoms with van der Waals surface area (Å²) in [5.74, 6) is 0.995. The summed E-state index contributed by atoms with van der Waals surface area (Å²) in [4.78, 5) is 18.7. The van der Waals surface area contributed by atoms with Crippen molar-refractivity contribution in [3.8, 4) is 0 Å². The number of nitrogens with zero attached hydrogens (tertiary/aromatic N) is 5. The third kappa shape index (κ3) is 3.12. The zero-order valence-corrected chi connectivity index (χ0v) is 13.7. The molecule has 3 aromatic heterocycles. The first-order valence-electron chi connectivity index (χ1n) is 8.15. The maximum absolute atomic E-state index is 13.1. The van der Waals surface area contributed by atoms with E-state index in [2.05, 4.69) is 25.3 Å². The molecule has 1 aliphatic rings. The van der Waals surface area contributed by atoms with Gasteiger partial charge in [0.2, 0.25) is 5.95 Å². The summed E-state index contributed by atoms with van der Waals surface area (Å²) in [6.45, 7) is 1.67. The van der Waals surface area contributed by atoms with E-state index in [4.69, 9.17) is 0 Å². The van der Waals surface area contributed by atoms with Gasteiger partial charge in [-0.2, -0.15) is 23.1 Å². The van der Waals surface area contributed by atoms with Gasteiger partial charge in [0.15, 0.2) is 5.65 Å². The van der Waals surface area contributed by atoms with Crippen LogP contribution in [0.5, 0.6) is 0 Å². The van der Waals surface area contributed by atoms with Gasteiger partial charge in [0.1, 0.15) is 11.5 Å². The third-order valence-corrected chi connectivity index (χ3v) is 4.20. The van der Waals surface area contributed by atoms with Gasteiger partial charge in [0.05, 0.1) is 5.39 Å². The number of nitrogens with one attached hydrogen (secondary N) is 1. The average molecular weight is 360 g/mol. The second-order valence-corrected chi connectivity index (χ2v) is 5.95. The Bertz CT molecular complexity index is 939. The van der Waals surface area contributed by atoms with Gasteiger partial charge < -0.3 is 10.2 Å². The van der Waals surface area contributed by atoms with E-state index in [1.165, 1.54) is 12.1 Å². The Balaban J connectivity index is 1.67. The van der Waals surface area contributed by atoms with Crippen molar-refractivity contribution in [2.75, 3.05) is 23.3 Å². The van der Waals surface area contributed by atoms with Gasteiger partial charge in [-0.1, -0.05) is 6.07 Å². The molecule has 1 aliphatic heterocycles. The summed E-state index contributed by atoms with van der Waals surface area (Å²) < 4.78 is 39.4. The Kier molecular flexibility index (Phi) is 4.06. The topological polar surface area (TPSA) is 66.8 Å². The summed E-state index contributed by atoms with van der Waals surface area (Å²) in [6, 6.07) is 6.42. The SMILES string of the molecule is FC(F)(F)c1ncccc1CNc1nc(N2CCC2)nc2ncccc12. The highest BCUT2D eigenvalue weighted by Crippen LogP contribution is 2.31. The lowest BCUT2D eigenvalue weighted by molar-refractivity contribution is -0.141. The lowest BCUT2D eigenvalue weighted by Crippen LogP contribution is -2.38. The van der Waals surface area contributed by atoms with E-state index in [1.807, 2.05) is 4.90 Å². The number of alkyl halides is 3. The van der Waals surface area contributed by atoms with Crippen LogP contribution in [-0.2, 0) is 12.7 Å². The lowest BCUT2D eigenvalue weighted by atomic mass is 10.2. The molecule has 0 amide bonds. The zero-order chi connectivity index (χ0) is 18.1. The molecule has 1 saturated heterocycles. The van der Waals surface area contributed by atoms with Gasteiger partial charge >= 0.3 is 6.18 Å². The predicted octanol–water partition coefficient (Wildman–Crippen LogP) is 3.26. The van der Waals surface area contributed by atoms with Crippen molar-refractivity contribution in [3.05, 3.63) is 47.9 Å². The molecular weight excluding hydrogens is 345 g/mol. The average Bonchev–Trinajstić information content (AvgIpc) is 2.57. The number of halogens is 3. The molecule has 6 nitrogen and oxygen atoms in total. The first-order valence-corrected chi connectivity index (χ1v) is 8.15. The van der Waals surface area contributed by atoms with Crippen molar-refractivity contribution in [2.24, 2.45) is 0 Å². The summed E-state index contributed by atoms with van der Waals surface area (Å²) in [5, 5.41) is 3.66. The molecule has 0 atom stereocenters. The molecule has 1 fully saturated rings. The molecule has 3 aromatic rings. The molecule has 0 aromatic carbocycles. The number of pyridine rings is 2. The Morgan fingerprint density at radius 2 is 1.81 bits per heavy atom. The monoisotopic (exact) mass is 360 g/mol. The molecule has 134 valence electrons. The molecule has 0 aliphatic carbocycles. The fourth-order valence-electron chi connectivity index (χ4n) is 2.76. The minimum absolute atomic E-state index is 0.0524. The van der Waals surface area contributed by atoms with E-state index in [0.717, 1.165) is 25.7 Å². The fraction of sp³-hybridized carbons (Fsp3) is 0.294. The first-order chi connectivity index (χ1) is 12.5. The number of hydrogen-bond acceptors (Lipinski definition) is 6. The van der Waals surface area contributed by atoms with Gasteiger partial charge in [0.25, 0.3) is 0 Å². The second kappa shape index (κ2) is 6.40. The quantitative estimate of drug-likeness (QED) is 0.770. The highest BCUT2D eigenvalue weighted by atomic mass is 19.4. The molecule has 0 spiro atoms. The number of hydrogen-bond donors (Lipinski definition) is 1. The Morgan fingerprint density at radius 3 is 2.54 bits per heavy atom. The summed E-state index contributed by atoms with van der Waals surface area (Å²) in [7, 11) is 0. The predicted molar refractivity (Wildman–Crippen MR) is 90.7 cm³/mol. The summed E-state index contributed by atoms with van der Waals surface area (Å²) in [6.07, 6.45) is -0.673. The molecule has 0 unspecified atom stereocenters. The molecular formula is C17H15F3N6. The largest absolute Gasteiger partial charge is 0.433 e. The highest BCUT2D eigenvalue weighted by molar-refractivity contribution is 5.87. The highest BCUT2D eigenvalue weighted by Gasteiger charge is 2.34. The van der Waals surface area contributed by atoms with Crippen LogP contribution in [0, 0.1) is 0 Å². The van der Waals surface area contributed by atoms with Crippen molar-refractivity contribution in [1.29, 1.82) is 0 Å². The smallest absolute Gasteiger partial charge is 0.365 e. The van der Waals surface area contributed by atoms with Crippen LogP contribution in [0.15, 0.2) is 36.7 Å². The molecule has 4 heterocycles. The lowest BCUT2D eigenvalue weighted by Gasteiger charge is -2.31. The number of anilines is 2. The Hall–Kier alpha value is -2.97. The van der Waals surface area contributed by atoms with E-state index in [1.54, 1.807) is 18.3 Å². The van der Waals surface area contributed by atoms with E-state index >= 15 is 0 Å². The van der Waals surface area contributed by atoms with Crippen molar-refractivity contribution in [2.45, 2.75) is 19.1 Å². The van der Waals surface area contributed by atoms with E-state index in [9.17, 15) is 13.2 Å². The third-order valence-electron chi connectivity index (χ3n) is 4.20. The molecule has 26 heavy (non-hydrogen) atoms. The van der Waals surface area contributed by atoms with Crippen LogP contribution in [0.1, 0.15) is 17.7 Å². The van der Waals surface area contributed by atoms with Crippen LogP contribution in [0.4, 0.5) is 24.9 Å². The van der Waals surface area contributed by atoms with E-state index in [-0.39, 0.29) is 12.1 Å². The fourth-order valence-corrected chi connectivity index (χ4v) is 2.76. The molecule has 4 rings (SSSR count).